The lowest BCUT2D eigenvalue weighted by Gasteiger charge is -2.11. The van der Waals surface area contributed by atoms with Gasteiger partial charge in [-0.05, 0) is 37.1 Å². The number of aliphatic hydroxyl groups excluding tert-OH is 1. The Morgan fingerprint density at radius 3 is 2.53 bits per heavy atom. The van der Waals surface area contributed by atoms with Crippen molar-refractivity contribution in [1.29, 1.82) is 0 Å². The first-order valence-electron chi connectivity index (χ1n) is 4.70. The van der Waals surface area contributed by atoms with Gasteiger partial charge in [-0.25, -0.2) is 8.78 Å². The number of aliphatic hydroxyl groups is 1. The number of hydrogen-bond acceptors (Lipinski definition) is 2. The van der Waals surface area contributed by atoms with E-state index >= 15 is 0 Å². The summed E-state index contributed by atoms with van der Waals surface area (Å²) < 4.78 is 28.7. The molecule has 0 aliphatic carbocycles. The van der Waals surface area contributed by atoms with Gasteiger partial charge >= 0.3 is 0 Å². The average Bonchev–Trinajstić information content (AvgIpc) is 2.15. The summed E-state index contributed by atoms with van der Waals surface area (Å²) in [5, 5.41) is 9.30. The van der Waals surface area contributed by atoms with Crippen molar-refractivity contribution in [3.63, 3.8) is 0 Å². The van der Waals surface area contributed by atoms with E-state index in [4.69, 9.17) is 4.74 Å². The lowest BCUT2D eigenvalue weighted by Crippen LogP contribution is -2.08. The monoisotopic (exact) mass is 216 g/mol. The fourth-order valence-electron chi connectivity index (χ4n) is 1.25. The van der Waals surface area contributed by atoms with Crippen molar-refractivity contribution in [3.05, 3.63) is 29.3 Å². The standard InChI is InChI=1S/C11H14F2O2/c1-7-5-9(8(2)14)3-4-10(7)15-6-11(12)13/h3-5,8,11,14H,6H2,1-2H3/t8-/m0/s1. The number of ether oxygens (including phenoxy) is 1. The van der Waals surface area contributed by atoms with Gasteiger partial charge in [-0.15, -0.1) is 0 Å². The molecular weight excluding hydrogens is 202 g/mol. The zero-order valence-electron chi connectivity index (χ0n) is 8.71. The molecule has 0 aliphatic rings. The van der Waals surface area contributed by atoms with Gasteiger partial charge < -0.3 is 9.84 Å². The molecule has 0 radical (unpaired) electrons. The SMILES string of the molecule is Cc1cc([C@H](C)O)ccc1OCC(F)F. The smallest absolute Gasteiger partial charge is 0.272 e. The highest BCUT2D eigenvalue weighted by atomic mass is 19.3. The van der Waals surface area contributed by atoms with Crippen LogP contribution in [-0.2, 0) is 0 Å². The summed E-state index contributed by atoms with van der Waals surface area (Å²) in [4.78, 5) is 0. The number of hydrogen-bond donors (Lipinski definition) is 1. The fourth-order valence-corrected chi connectivity index (χ4v) is 1.25. The van der Waals surface area contributed by atoms with Crippen molar-refractivity contribution in [2.75, 3.05) is 6.61 Å². The normalized spacial score (nSPS) is 12.9. The average molecular weight is 216 g/mol. The molecule has 84 valence electrons. The molecule has 0 unspecified atom stereocenters. The van der Waals surface area contributed by atoms with Gasteiger partial charge in [0.25, 0.3) is 6.43 Å². The van der Waals surface area contributed by atoms with E-state index in [0.29, 0.717) is 5.75 Å². The molecule has 0 aromatic heterocycles. The van der Waals surface area contributed by atoms with Crippen LogP contribution in [0.2, 0.25) is 0 Å². The summed E-state index contributed by atoms with van der Waals surface area (Å²) >= 11 is 0. The van der Waals surface area contributed by atoms with Crippen LogP contribution in [0.4, 0.5) is 8.78 Å². The number of halogens is 2. The molecule has 15 heavy (non-hydrogen) atoms. The molecule has 1 N–H and O–H groups in total. The van der Waals surface area contributed by atoms with Crippen LogP contribution in [0, 0.1) is 6.92 Å². The lowest BCUT2D eigenvalue weighted by molar-refractivity contribution is 0.0815. The molecule has 0 bridgehead atoms. The topological polar surface area (TPSA) is 29.5 Å². The van der Waals surface area contributed by atoms with Crippen LogP contribution in [0.15, 0.2) is 18.2 Å². The van der Waals surface area contributed by atoms with Gasteiger partial charge in [0.1, 0.15) is 12.4 Å². The van der Waals surface area contributed by atoms with Crippen LogP contribution in [-0.4, -0.2) is 18.1 Å². The maximum atomic E-state index is 11.9. The Labute approximate surface area is 87.5 Å². The summed E-state index contributed by atoms with van der Waals surface area (Å²) in [6.07, 6.45) is -3.03. The highest BCUT2D eigenvalue weighted by Gasteiger charge is 2.07. The van der Waals surface area contributed by atoms with Crippen molar-refractivity contribution in [2.24, 2.45) is 0 Å². The van der Waals surface area contributed by atoms with Gasteiger partial charge in [0, 0.05) is 0 Å². The van der Waals surface area contributed by atoms with E-state index in [9.17, 15) is 13.9 Å². The van der Waals surface area contributed by atoms with E-state index in [-0.39, 0.29) is 0 Å². The van der Waals surface area contributed by atoms with E-state index in [0.717, 1.165) is 11.1 Å². The fraction of sp³-hybridized carbons (Fsp3) is 0.455. The maximum Gasteiger partial charge on any atom is 0.272 e. The Bertz CT molecular complexity index is 324. The molecule has 1 aromatic rings. The molecule has 1 aromatic carbocycles. The second kappa shape index (κ2) is 5.07. The molecule has 0 saturated heterocycles. The van der Waals surface area contributed by atoms with Crippen LogP contribution in [0.1, 0.15) is 24.2 Å². The zero-order chi connectivity index (χ0) is 11.4. The van der Waals surface area contributed by atoms with E-state index in [1.165, 1.54) is 0 Å². The number of aryl methyl sites for hydroxylation is 1. The van der Waals surface area contributed by atoms with Crippen molar-refractivity contribution in [2.45, 2.75) is 26.4 Å². The molecule has 0 spiro atoms. The Balaban J connectivity index is 2.75. The third-order valence-corrected chi connectivity index (χ3v) is 2.05. The Morgan fingerprint density at radius 1 is 1.40 bits per heavy atom. The Morgan fingerprint density at radius 2 is 2.07 bits per heavy atom. The van der Waals surface area contributed by atoms with Gasteiger partial charge in [-0.1, -0.05) is 6.07 Å². The van der Waals surface area contributed by atoms with Gasteiger partial charge in [0.2, 0.25) is 0 Å². The number of rotatable bonds is 4. The largest absolute Gasteiger partial charge is 0.487 e. The van der Waals surface area contributed by atoms with E-state index in [1.54, 1.807) is 32.0 Å². The summed E-state index contributed by atoms with van der Waals surface area (Å²) in [6.45, 7) is 2.80. The summed E-state index contributed by atoms with van der Waals surface area (Å²) in [5.41, 5.74) is 1.49. The van der Waals surface area contributed by atoms with Crippen molar-refractivity contribution < 1.29 is 18.6 Å². The van der Waals surface area contributed by atoms with Crippen LogP contribution in [0.5, 0.6) is 5.75 Å². The third kappa shape index (κ3) is 3.47. The molecule has 1 atom stereocenters. The highest BCUT2D eigenvalue weighted by molar-refractivity contribution is 5.36. The molecule has 2 nitrogen and oxygen atoms in total. The lowest BCUT2D eigenvalue weighted by atomic mass is 10.1. The molecule has 0 fully saturated rings. The molecule has 0 saturated carbocycles. The zero-order valence-corrected chi connectivity index (χ0v) is 8.71. The maximum absolute atomic E-state index is 11.9. The van der Waals surface area contributed by atoms with Gasteiger partial charge in [-0.2, -0.15) is 0 Å². The quantitative estimate of drug-likeness (QED) is 0.838. The van der Waals surface area contributed by atoms with Crippen LogP contribution < -0.4 is 4.74 Å². The first-order chi connectivity index (χ1) is 7.00. The predicted octanol–water partition coefficient (Wildman–Crippen LogP) is 2.69. The first kappa shape index (κ1) is 11.9. The summed E-state index contributed by atoms with van der Waals surface area (Å²) in [6, 6.07) is 4.99. The van der Waals surface area contributed by atoms with Gasteiger partial charge in [-0.3, -0.25) is 0 Å². The number of alkyl halides is 2. The number of benzene rings is 1. The first-order valence-corrected chi connectivity index (χ1v) is 4.70. The second-order valence-electron chi connectivity index (χ2n) is 3.40. The van der Waals surface area contributed by atoms with E-state index in [1.807, 2.05) is 0 Å². The molecular formula is C11H14F2O2. The summed E-state index contributed by atoms with van der Waals surface area (Å²) in [7, 11) is 0. The third-order valence-electron chi connectivity index (χ3n) is 2.05. The van der Waals surface area contributed by atoms with Crippen molar-refractivity contribution in [1.82, 2.24) is 0 Å². The Hall–Kier alpha value is -1.16. The molecule has 0 amide bonds. The predicted molar refractivity (Wildman–Crippen MR) is 53.3 cm³/mol. The van der Waals surface area contributed by atoms with E-state index in [2.05, 4.69) is 0 Å². The second-order valence-corrected chi connectivity index (χ2v) is 3.40. The van der Waals surface area contributed by atoms with Crippen LogP contribution in [0.3, 0.4) is 0 Å². The molecule has 4 heteroatoms. The highest BCUT2D eigenvalue weighted by Crippen LogP contribution is 2.22. The minimum absolute atomic E-state index is 0.430. The summed E-state index contributed by atoms with van der Waals surface area (Å²) in [5.74, 6) is 0.430. The van der Waals surface area contributed by atoms with Crippen molar-refractivity contribution in [3.8, 4) is 5.75 Å². The van der Waals surface area contributed by atoms with Gasteiger partial charge in [0.05, 0.1) is 6.10 Å². The minimum atomic E-state index is -2.47. The van der Waals surface area contributed by atoms with Crippen LogP contribution >= 0.6 is 0 Å². The Kier molecular flexibility index (Phi) is 4.03. The van der Waals surface area contributed by atoms with Crippen molar-refractivity contribution >= 4 is 0 Å². The van der Waals surface area contributed by atoms with Gasteiger partial charge in [0.15, 0.2) is 0 Å². The van der Waals surface area contributed by atoms with Crippen LogP contribution in [0.25, 0.3) is 0 Å². The minimum Gasteiger partial charge on any atom is -0.487 e. The molecule has 0 heterocycles. The molecule has 0 aliphatic heterocycles. The van der Waals surface area contributed by atoms with E-state index < -0.39 is 19.1 Å². The molecule has 1 rings (SSSR count).